The van der Waals surface area contributed by atoms with Crippen LogP contribution in [0.4, 0.5) is 13.2 Å². The molecule has 1 aliphatic rings. The van der Waals surface area contributed by atoms with Crippen molar-refractivity contribution in [2.45, 2.75) is 57.7 Å². The molecule has 0 aromatic rings. The molecule has 0 amide bonds. The van der Waals surface area contributed by atoms with E-state index in [4.69, 9.17) is 10.5 Å². The van der Waals surface area contributed by atoms with E-state index in [1.54, 1.807) is 20.8 Å². The van der Waals surface area contributed by atoms with E-state index < -0.39 is 23.9 Å². The third kappa shape index (κ3) is 3.82. The Morgan fingerprint density at radius 1 is 1.41 bits per heavy atom. The first kappa shape index (κ1) is 14.7. The highest BCUT2D eigenvalue weighted by Gasteiger charge is 2.48. The number of nitrogens with two attached hydrogens (primary N) is 1. The van der Waals surface area contributed by atoms with Crippen LogP contribution in [-0.2, 0) is 4.74 Å². The van der Waals surface area contributed by atoms with Crippen molar-refractivity contribution in [3.63, 3.8) is 0 Å². The summed E-state index contributed by atoms with van der Waals surface area (Å²) in [7, 11) is 0. The highest BCUT2D eigenvalue weighted by molar-refractivity contribution is 4.92. The Morgan fingerprint density at radius 3 is 2.29 bits per heavy atom. The summed E-state index contributed by atoms with van der Waals surface area (Å²) in [5, 5.41) is 0. The first-order valence-corrected chi connectivity index (χ1v) is 5.77. The summed E-state index contributed by atoms with van der Waals surface area (Å²) in [4.78, 5) is 1.39. The van der Waals surface area contributed by atoms with Gasteiger partial charge in [-0.25, -0.2) is 0 Å². The van der Waals surface area contributed by atoms with E-state index in [2.05, 4.69) is 0 Å². The van der Waals surface area contributed by atoms with E-state index >= 15 is 0 Å². The van der Waals surface area contributed by atoms with Crippen LogP contribution in [0.15, 0.2) is 0 Å². The lowest BCUT2D eigenvalue weighted by molar-refractivity contribution is -0.219. The molecule has 3 unspecified atom stereocenters. The number of ether oxygens (including phenoxy) is 1. The lowest BCUT2D eigenvalue weighted by Crippen LogP contribution is -2.63. The maximum absolute atomic E-state index is 13.0. The summed E-state index contributed by atoms with van der Waals surface area (Å²) in [5.74, 6) is 0. The maximum Gasteiger partial charge on any atom is 0.405 e. The van der Waals surface area contributed by atoms with Crippen LogP contribution in [0.5, 0.6) is 0 Å². The fourth-order valence-corrected chi connectivity index (χ4v) is 2.55. The van der Waals surface area contributed by atoms with Crippen LogP contribution >= 0.6 is 0 Å². The van der Waals surface area contributed by atoms with E-state index in [1.165, 1.54) is 11.8 Å². The van der Waals surface area contributed by atoms with Gasteiger partial charge in [-0.2, -0.15) is 13.2 Å². The number of halogens is 3. The molecular weight excluding hydrogens is 233 g/mol. The third-order valence-electron chi connectivity index (χ3n) is 2.82. The molecule has 17 heavy (non-hydrogen) atoms. The van der Waals surface area contributed by atoms with Crippen LogP contribution in [0.3, 0.4) is 0 Å². The Hall–Kier alpha value is -0.330. The maximum atomic E-state index is 13.0. The van der Waals surface area contributed by atoms with E-state index in [1.807, 2.05) is 0 Å². The van der Waals surface area contributed by atoms with E-state index in [-0.39, 0.29) is 19.2 Å². The van der Waals surface area contributed by atoms with Crippen LogP contribution in [0, 0.1) is 0 Å². The molecule has 1 fully saturated rings. The first-order chi connectivity index (χ1) is 7.53. The molecule has 0 aliphatic carbocycles. The lowest BCUT2D eigenvalue weighted by atomic mass is 10.0. The quantitative estimate of drug-likeness (QED) is 0.816. The molecule has 1 heterocycles. The van der Waals surface area contributed by atoms with Crippen LogP contribution in [0.25, 0.3) is 0 Å². The second-order valence-corrected chi connectivity index (χ2v) is 5.46. The van der Waals surface area contributed by atoms with Gasteiger partial charge in [0, 0.05) is 19.1 Å². The van der Waals surface area contributed by atoms with Crippen LogP contribution in [0.2, 0.25) is 0 Å². The summed E-state index contributed by atoms with van der Waals surface area (Å²) in [6, 6.07) is -2.55. The molecule has 2 N–H and O–H groups in total. The number of hydrogen-bond acceptors (Lipinski definition) is 3. The number of rotatable bonds is 2. The smallest absolute Gasteiger partial charge is 0.370 e. The lowest BCUT2D eigenvalue weighted by Gasteiger charge is -2.46. The van der Waals surface area contributed by atoms with Crippen molar-refractivity contribution in [2.75, 3.05) is 13.1 Å². The van der Waals surface area contributed by atoms with Gasteiger partial charge in [-0.05, 0) is 27.7 Å². The van der Waals surface area contributed by atoms with Gasteiger partial charge in [-0.1, -0.05) is 0 Å². The average Bonchev–Trinajstić information content (AvgIpc) is 1.93. The third-order valence-corrected chi connectivity index (χ3v) is 2.82. The van der Waals surface area contributed by atoms with Crippen molar-refractivity contribution in [2.24, 2.45) is 5.73 Å². The van der Waals surface area contributed by atoms with E-state index in [9.17, 15) is 13.2 Å². The van der Waals surface area contributed by atoms with Gasteiger partial charge in [0.15, 0.2) is 0 Å². The van der Waals surface area contributed by atoms with Gasteiger partial charge in [0.2, 0.25) is 0 Å². The Labute approximate surface area is 100 Å². The molecule has 0 bridgehead atoms. The molecule has 0 aromatic carbocycles. The average molecular weight is 254 g/mol. The van der Waals surface area contributed by atoms with E-state index in [0.717, 1.165) is 0 Å². The second kappa shape index (κ2) is 4.74. The number of hydrogen-bond donors (Lipinski definition) is 1. The van der Waals surface area contributed by atoms with Gasteiger partial charge in [-0.3, -0.25) is 4.90 Å². The van der Waals surface area contributed by atoms with Crippen LogP contribution < -0.4 is 5.73 Å². The molecule has 6 heteroatoms. The van der Waals surface area contributed by atoms with Gasteiger partial charge >= 0.3 is 6.18 Å². The molecule has 0 spiro atoms. The molecule has 102 valence electrons. The van der Waals surface area contributed by atoms with Crippen molar-refractivity contribution in [3.8, 4) is 0 Å². The minimum absolute atomic E-state index is 0.220. The number of nitrogens with zero attached hydrogens (tertiary/aromatic N) is 1. The van der Waals surface area contributed by atoms with E-state index in [0.29, 0.717) is 0 Å². The fourth-order valence-electron chi connectivity index (χ4n) is 2.55. The topological polar surface area (TPSA) is 38.5 Å². The summed E-state index contributed by atoms with van der Waals surface area (Å²) in [6.45, 7) is 7.26. The largest absolute Gasteiger partial charge is 0.405 e. The van der Waals surface area contributed by atoms with Crippen molar-refractivity contribution in [1.82, 2.24) is 4.90 Å². The first-order valence-electron chi connectivity index (χ1n) is 5.77. The molecule has 1 rings (SSSR count). The second-order valence-electron chi connectivity index (χ2n) is 5.46. The molecule has 1 aliphatic heterocycles. The SMILES string of the molecule is CC1CN(C(C(C)N)C(F)(F)F)CC(C)(C)O1. The van der Waals surface area contributed by atoms with Gasteiger partial charge in [0.25, 0.3) is 0 Å². The van der Waals surface area contributed by atoms with Crippen LogP contribution in [-0.4, -0.2) is 48.0 Å². The predicted molar refractivity (Wildman–Crippen MR) is 59.7 cm³/mol. The normalized spacial score (nSPS) is 30.0. The van der Waals surface area contributed by atoms with Crippen molar-refractivity contribution in [3.05, 3.63) is 0 Å². The summed E-state index contributed by atoms with van der Waals surface area (Å²) < 4.78 is 44.5. The Kier molecular flexibility index (Phi) is 4.11. The zero-order chi connectivity index (χ0) is 13.4. The number of morpholine rings is 1. The number of alkyl halides is 3. The Bertz CT molecular complexity index is 266. The summed E-state index contributed by atoms with van der Waals surface area (Å²) >= 11 is 0. The molecule has 3 atom stereocenters. The van der Waals surface area contributed by atoms with Crippen molar-refractivity contribution >= 4 is 0 Å². The van der Waals surface area contributed by atoms with Gasteiger partial charge in [0.1, 0.15) is 6.04 Å². The minimum Gasteiger partial charge on any atom is -0.370 e. The van der Waals surface area contributed by atoms with Gasteiger partial charge < -0.3 is 10.5 Å². The minimum atomic E-state index is -4.30. The van der Waals surface area contributed by atoms with Gasteiger partial charge in [0.05, 0.1) is 11.7 Å². The Morgan fingerprint density at radius 2 is 1.94 bits per heavy atom. The fraction of sp³-hybridized carbons (Fsp3) is 1.00. The molecule has 0 radical (unpaired) electrons. The zero-order valence-electron chi connectivity index (χ0n) is 10.7. The molecule has 1 saturated heterocycles. The highest BCUT2D eigenvalue weighted by atomic mass is 19.4. The van der Waals surface area contributed by atoms with Crippen LogP contribution in [0.1, 0.15) is 27.7 Å². The predicted octanol–water partition coefficient (Wildman–Crippen LogP) is 1.76. The monoisotopic (exact) mass is 254 g/mol. The molecule has 0 aromatic heterocycles. The standard InChI is InChI=1S/C11H21F3N2O/c1-7-5-16(6-10(3,4)17-7)9(8(2)15)11(12,13)14/h7-9H,5-6,15H2,1-4H3. The molecular formula is C11H21F3N2O. The highest BCUT2D eigenvalue weighted by Crippen LogP contribution is 2.31. The summed E-state index contributed by atoms with van der Waals surface area (Å²) in [5.41, 5.74) is 4.91. The summed E-state index contributed by atoms with van der Waals surface area (Å²) in [6.07, 6.45) is -4.52. The molecule has 3 nitrogen and oxygen atoms in total. The van der Waals surface area contributed by atoms with Gasteiger partial charge in [-0.15, -0.1) is 0 Å². The van der Waals surface area contributed by atoms with Crippen molar-refractivity contribution in [1.29, 1.82) is 0 Å². The zero-order valence-corrected chi connectivity index (χ0v) is 10.7. The molecule has 0 saturated carbocycles. The van der Waals surface area contributed by atoms with Crippen molar-refractivity contribution < 1.29 is 17.9 Å². The Balaban J connectivity index is 2.88.